The van der Waals surface area contributed by atoms with Gasteiger partial charge in [0.05, 0.1) is 18.8 Å². The molecule has 19 heavy (non-hydrogen) atoms. The molecule has 2 N–H and O–H groups in total. The smallest absolute Gasteiger partial charge is 0.204 e. The second-order valence-electron chi connectivity index (χ2n) is 3.96. The molecule has 0 bridgehead atoms. The fourth-order valence-electron chi connectivity index (χ4n) is 1.80. The summed E-state index contributed by atoms with van der Waals surface area (Å²) in [7, 11) is 0. The summed E-state index contributed by atoms with van der Waals surface area (Å²) in [6.07, 6.45) is 2.98. The van der Waals surface area contributed by atoms with Crippen molar-refractivity contribution in [2.45, 2.75) is 6.54 Å². The van der Waals surface area contributed by atoms with Gasteiger partial charge in [0.25, 0.3) is 0 Å². The number of halogens is 1. The van der Waals surface area contributed by atoms with Crippen LogP contribution in [0.1, 0.15) is 5.69 Å². The van der Waals surface area contributed by atoms with Crippen LogP contribution in [0.4, 0.5) is 16.0 Å². The molecule has 2 aromatic heterocycles. The van der Waals surface area contributed by atoms with E-state index < -0.39 is 0 Å². The zero-order valence-corrected chi connectivity index (χ0v) is 10.1. The van der Waals surface area contributed by atoms with E-state index in [1.165, 1.54) is 12.4 Å². The minimum atomic E-state index is -0.350. The Balaban J connectivity index is 1.79. The van der Waals surface area contributed by atoms with Crippen LogP contribution in [0.2, 0.25) is 0 Å². The van der Waals surface area contributed by atoms with Gasteiger partial charge in [0.1, 0.15) is 18.8 Å². The van der Waals surface area contributed by atoms with Crippen molar-refractivity contribution in [2.24, 2.45) is 0 Å². The van der Waals surface area contributed by atoms with Gasteiger partial charge in [-0.05, 0) is 12.1 Å². The summed E-state index contributed by atoms with van der Waals surface area (Å²) < 4.78 is 19.0. The van der Waals surface area contributed by atoms with E-state index in [2.05, 4.69) is 25.6 Å². The summed E-state index contributed by atoms with van der Waals surface area (Å²) in [5, 5.41) is 6.12. The molecule has 0 atom stereocenters. The third kappa shape index (κ3) is 2.40. The quantitative estimate of drug-likeness (QED) is 0.870. The van der Waals surface area contributed by atoms with Crippen LogP contribution in [0.3, 0.4) is 0 Å². The van der Waals surface area contributed by atoms with E-state index >= 15 is 0 Å². The van der Waals surface area contributed by atoms with Crippen LogP contribution in [-0.4, -0.2) is 28.1 Å². The molecule has 98 valence electrons. The van der Waals surface area contributed by atoms with E-state index in [9.17, 15) is 4.39 Å². The van der Waals surface area contributed by atoms with Crippen molar-refractivity contribution in [3.63, 3.8) is 0 Å². The molecule has 3 rings (SSSR count). The fourth-order valence-corrected chi connectivity index (χ4v) is 1.80. The van der Waals surface area contributed by atoms with Crippen LogP contribution in [-0.2, 0) is 6.54 Å². The Hall–Kier alpha value is -2.44. The lowest BCUT2D eigenvalue weighted by Crippen LogP contribution is -2.20. The maximum atomic E-state index is 13.5. The number of nitrogens with zero attached hydrogens (tertiary/aromatic N) is 3. The van der Waals surface area contributed by atoms with Crippen LogP contribution in [0.5, 0.6) is 5.75 Å². The number of rotatable bonds is 3. The zero-order valence-electron chi connectivity index (χ0n) is 10.1. The summed E-state index contributed by atoms with van der Waals surface area (Å²) in [5.74, 6) is 1.38. The number of aromatic nitrogens is 3. The molecule has 0 fully saturated rings. The average Bonchev–Trinajstić information content (AvgIpc) is 2.46. The topological polar surface area (TPSA) is 72.0 Å². The lowest BCUT2D eigenvalue weighted by Gasteiger charge is -2.20. The Labute approximate surface area is 109 Å². The molecule has 7 heteroatoms. The maximum Gasteiger partial charge on any atom is 0.204 e. The predicted octanol–water partition coefficient (Wildman–Crippen LogP) is 1.43. The van der Waals surface area contributed by atoms with Crippen molar-refractivity contribution < 1.29 is 9.13 Å². The standard InChI is InChI=1S/C12H12FN5O/c13-8-2-1-3-14-9(8)6-16-12-10-11(17-7-18-12)15-4-5-19-10/h1-3,7H,4-6H2,(H2,15,16,17,18). The molecule has 6 nitrogen and oxygen atoms in total. The van der Waals surface area contributed by atoms with Gasteiger partial charge in [-0.25, -0.2) is 14.4 Å². The Morgan fingerprint density at radius 3 is 3.21 bits per heavy atom. The van der Waals surface area contributed by atoms with Crippen molar-refractivity contribution in [1.82, 2.24) is 15.0 Å². The van der Waals surface area contributed by atoms with Crippen LogP contribution in [0.25, 0.3) is 0 Å². The second kappa shape index (κ2) is 5.05. The van der Waals surface area contributed by atoms with Gasteiger partial charge in [0.2, 0.25) is 5.75 Å². The lowest BCUT2D eigenvalue weighted by atomic mass is 10.3. The number of anilines is 2. The summed E-state index contributed by atoms with van der Waals surface area (Å²) >= 11 is 0. The van der Waals surface area contributed by atoms with E-state index in [-0.39, 0.29) is 12.4 Å². The van der Waals surface area contributed by atoms with Gasteiger partial charge >= 0.3 is 0 Å². The molecule has 0 aliphatic carbocycles. The molecule has 0 aromatic carbocycles. The predicted molar refractivity (Wildman–Crippen MR) is 67.5 cm³/mol. The number of hydrogen-bond acceptors (Lipinski definition) is 6. The maximum absolute atomic E-state index is 13.5. The van der Waals surface area contributed by atoms with Crippen LogP contribution < -0.4 is 15.4 Å². The Morgan fingerprint density at radius 1 is 1.37 bits per heavy atom. The first-order valence-electron chi connectivity index (χ1n) is 5.89. The van der Waals surface area contributed by atoms with Crippen molar-refractivity contribution >= 4 is 11.6 Å². The molecular weight excluding hydrogens is 249 g/mol. The molecule has 2 aromatic rings. The SMILES string of the molecule is Fc1cccnc1CNc1ncnc2c1OCCN2. The van der Waals surface area contributed by atoms with Gasteiger partial charge in [-0.3, -0.25) is 4.98 Å². The monoisotopic (exact) mass is 261 g/mol. The minimum Gasteiger partial charge on any atom is -0.485 e. The largest absolute Gasteiger partial charge is 0.485 e. The highest BCUT2D eigenvalue weighted by Gasteiger charge is 2.16. The summed E-state index contributed by atoms with van der Waals surface area (Å²) in [4.78, 5) is 12.1. The van der Waals surface area contributed by atoms with Crippen molar-refractivity contribution in [2.75, 3.05) is 23.8 Å². The van der Waals surface area contributed by atoms with E-state index in [1.54, 1.807) is 12.3 Å². The Kier molecular flexibility index (Phi) is 3.09. The molecule has 0 amide bonds. The Bertz CT molecular complexity index is 592. The van der Waals surface area contributed by atoms with Gasteiger partial charge in [-0.15, -0.1) is 0 Å². The van der Waals surface area contributed by atoms with E-state index in [0.717, 1.165) is 0 Å². The average molecular weight is 261 g/mol. The first kappa shape index (κ1) is 11.6. The molecular formula is C12H12FN5O. The second-order valence-corrected chi connectivity index (χ2v) is 3.96. The first-order chi connectivity index (χ1) is 9.34. The molecule has 0 radical (unpaired) electrons. The number of fused-ring (bicyclic) bond motifs is 1. The molecule has 0 saturated heterocycles. The first-order valence-corrected chi connectivity index (χ1v) is 5.89. The summed E-state index contributed by atoms with van der Waals surface area (Å²) in [5.41, 5.74) is 0.332. The summed E-state index contributed by atoms with van der Waals surface area (Å²) in [6, 6.07) is 2.93. The van der Waals surface area contributed by atoms with E-state index in [0.29, 0.717) is 36.2 Å². The molecule has 0 saturated carbocycles. The molecule has 3 heterocycles. The number of hydrogen-bond donors (Lipinski definition) is 2. The third-order valence-corrected chi connectivity index (χ3v) is 2.70. The van der Waals surface area contributed by atoms with Gasteiger partial charge in [-0.1, -0.05) is 0 Å². The van der Waals surface area contributed by atoms with Gasteiger partial charge in [0, 0.05) is 6.20 Å². The van der Waals surface area contributed by atoms with E-state index in [4.69, 9.17) is 4.74 Å². The highest BCUT2D eigenvalue weighted by atomic mass is 19.1. The fraction of sp³-hybridized carbons (Fsp3) is 0.250. The third-order valence-electron chi connectivity index (χ3n) is 2.70. The summed E-state index contributed by atoms with van der Waals surface area (Å²) in [6.45, 7) is 1.49. The van der Waals surface area contributed by atoms with Gasteiger partial charge in [-0.2, -0.15) is 0 Å². The normalized spacial score (nSPS) is 13.1. The zero-order chi connectivity index (χ0) is 13.1. The molecule has 1 aliphatic rings. The molecule has 0 spiro atoms. The lowest BCUT2D eigenvalue weighted by molar-refractivity contribution is 0.321. The minimum absolute atomic E-state index is 0.236. The van der Waals surface area contributed by atoms with Gasteiger partial charge < -0.3 is 15.4 Å². The van der Waals surface area contributed by atoms with E-state index in [1.807, 2.05) is 0 Å². The van der Waals surface area contributed by atoms with Crippen molar-refractivity contribution in [1.29, 1.82) is 0 Å². The van der Waals surface area contributed by atoms with Crippen LogP contribution >= 0.6 is 0 Å². The molecule has 1 aliphatic heterocycles. The number of nitrogens with one attached hydrogen (secondary N) is 2. The Morgan fingerprint density at radius 2 is 2.32 bits per heavy atom. The highest BCUT2D eigenvalue weighted by Crippen LogP contribution is 2.31. The van der Waals surface area contributed by atoms with Gasteiger partial charge in [0.15, 0.2) is 11.6 Å². The van der Waals surface area contributed by atoms with Crippen molar-refractivity contribution in [3.05, 3.63) is 36.2 Å². The number of pyridine rings is 1. The van der Waals surface area contributed by atoms with Crippen LogP contribution in [0, 0.1) is 5.82 Å². The number of ether oxygens (including phenoxy) is 1. The molecule has 0 unspecified atom stereocenters. The van der Waals surface area contributed by atoms with Crippen molar-refractivity contribution in [3.8, 4) is 5.75 Å². The van der Waals surface area contributed by atoms with Crippen LogP contribution in [0.15, 0.2) is 24.7 Å². The highest BCUT2D eigenvalue weighted by molar-refractivity contribution is 5.64.